The van der Waals surface area contributed by atoms with Crippen LogP contribution in [0.25, 0.3) is 0 Å². The third-order valence-electron chi connectivity index (χ3n) is 2.08. The van der Waals surface area contributed by atoms with Crippen molar-refractivity contribution in [3.63, 3.8) is 0 Å². The van der Waals surface area contributed by atoms with Gasteiger partial charge in [0.05, 0.1) is 0 Å². The molecule has 0 spiro atoms. The molecule has 0 unspecified atom stereocenters. The molecule has 0 saturated carbocycles. The van der Waals surface area contributed by atoms with Gasteiger partial charge in [-0.25, -0.2) is 4.79 Å². The fraction of sp³-hybridized carbons (Fsp3) is 0.875. The average molecular weight is 226 g/mol. The van der Waals surface area contributed by atoms with E-state index >= 15 is 0 Å². The molecule has 1 heterocycles. The topological polar surface area (TPSA) is 41.6 Å². The quantitative estimate of drug-likeness (QED) is 0.688. The summed E-state index contributed by atoms with van der Waals surface area (Å²) in [6.45, 7) is 3.30. The van der Waals surface area contributed by atoms with Crippen molar-refractivity contribution in [1.82, 2.24) is 10.2 Å². The van der Waals surface area contributed by atoms with E-state index in [1.807, 2.05) is 4.90 Å². The largest absolute Gasteiger partial charge is 0.490 e. The molecule has 1 fully saturated rings. The van der Waals surface area contributed by atoms with Crippen molar-refractivity contribution in [2.75, 3.05) is 39.3 Å². The molecule has 7 heteroatoms. The first-order valence-corrected chi connectivity index (χ1v) is 4.67. The van der Waals surface area contributed by atoms with Crippen LogP contribution in [0.15, 0.2) is 0 Å². The lowest BCUT2D eigenvalue weighted by Crippen LogP contribution is -2.45. The van der Waals surface area contributed by atoms with Crippen LogP contribution < -0.4 is 5.32 Å². The van der Waals surface area contributed by atoms with Gasteiger partial charge >= 0.3 is 12.1 Å². The highest BCUT2D eigenvalue weighted by Crippen LogP contribution is 2.16. The summed E-state index contributed by atoms with van der Waals surface area (Å²) in [4.78, 5) is 12.3. The smallest absolute Gasteiger partial charge is 0.458 e. The molecule has 0 aromatic rings. The zero-order valence-corrected chi connectivity index (χ0v) is 8.14. The number of hydrogen-bond acceptors (Lipinski definition) is 4. The van der Waals surface area contributed by atoms with E-state index in [9.17, 15) is 18.0 Å². The van der Waals surface area contributed by atoms with Gasteiger partial charge in [-0.05, 0) is 0 Å². The van der Waals surface area contributed by atoms with Crippen molar-refractivity contribution in [2.45, 2.75) is 6.18 Å². The fourth-order valence-electron chi connectivity index (χ4n) is 1.28. The molecule has 4 nitrogen and oxygen atoms in total. The second-order valence-corrected chi connectivity index (χ2v) is 3.23. The SMILES string of the molecule is O=C(OCCN1CCNCC1)C(F)(F)F. The number of hydrogen-bond donors (Lipinski definition) is 1. The Morgan fingerprint density at radius 3 is 2.47 bits per heavy atom. The van der Waals surface area contributed by atoms with Crippen molar-refractivity contribution < 1.29 is 22.7 Å². The predicted molar refractivity (Wildman–Crippen MR) is 46.3 cm³/mol. The number of alkyl halides is 3. The van der Waals surface area contributed by atoms with Gasteiger partial charge in [0.25, 0.3) is 0 Å². The minimum Gasteiger partial charge on any atom is -0.458 e. The van der Waals surface area contributed by atoms with Crippen LogP contribution in [0.2, 0.25) is 0 Å². The standard InChI is InChI=1S/C8H13F3N2O2/c9-8(10,11)7(14)15-6-5-13-3-1-12-2-4-13/h12H,1-6H2. The summed E-state index contributed by atoms with van der Waals surface area (Å²) in [7, 11) is 0. The second kappa shape index (κ2) is 5.32. The van der Waals surface area contributed by atoms with Crippen molar-refractivity contribution in [3.8, 4) is 0 Å². The van der Waals surface area contributed by atoms with Gasteiger partial charge in [0.2, 0.25) is 0 Å². The number of ether oxygens (including phenoxy) is 1. The average Bonchev–Trinajstić information content (AvgIpc) is 2.18. The number of carbonyl (C=O) groups excluding carboxylic acids is 1. The highest BCUT2D eigenvalue weighted by molar-refractivity contribution is 5.75. The van der Waals surface area contributed by atoms with Gasteiger partial charge in [-0.15, -0.1) is 0 Å². The molecule has 1 saturated heterocycles. The number of piperazine rings is 1. The summed E-state index contributed by atoms with van der Waals surface area (Å²) in [5.74, 6) is -2.11. The van der Waals surface area contributed by atoms with Crippen LogP contribution >= 0.6 is 0 Å². The summed E-state index contributed by atoms with van der Waals surface area (Å²) >= 11 is 0. The molecular weight excluding hydrogens is 213 g/mol. The lowest BCUT2D eigenvalue weighted by molar-refractivity contribution is -0.200. The fourth-order valence-corrected chi connectivity index (χ4v) is 1.28. The normalized spacial score (nSPS) is 18.9. The van der Waals surface area contributed by atoms with Crippen LogP contribution in [0.5, 0.6) is 0 Å². The van der Waals surface area contributed by atoms with E-state index in [-0.39, 0.29) is 6.61 Å². The van der Waals surface area contributed by atoms with Gasteiger partial charge in [-0.2, -0.15) is 13.2 Å². The summed E-state index contributed by atoms with van der Waals surface area (Å²) in [6, 6.07) is 0. The van der Waals surface area contributed by atoms with Crippen molar-refractivity contribution in [2.24, 2.45) is 0 Å². The molecular formula is C8H13F3N2O2. The zero-order valence-electron chi connectivity index (χ0n) is 8.14. The van der Waals surface area contributed by atoms with E-state index in [4.69, 9.17) is 0 Å². The first-order valence-electron chi connectivity index (χ1n) is 4.67. The summed E-state index contributed by atoms with van der Waals surface area (Å²) in [5.41, 5.74) is 0. The van der Waals surface area contributed by atoms with E-state index in [0.717, 1.165) is 26.2 Å². The Balaban J connectivity index is 2.12. The van der Waals surface area contributed by atoms with Gasteiger partial charge in [0, 0.05) is 32.7 Å². The lowest BCUT2D eigenvalue weighted by atomic mass is 10.4. The van der Waals surface area contributed by atoms with Crippen LogP contribution in [0, 0.1) is 0 Å². The number of nitrogens with one attached hydrogen (secondary N) is 1. The Labute approximate surface area is 85.4 Å². The predicted octanol–water partition coefficient (Wildman–Crippen LogP) is -0.00290. The molecule has 15 heavy (non-hydrogen) atoms. The molecule has 0 aromatic carbocycles. The minimum absolute atomic E-state index is 0.210. The molecule has 88 valence electrons. The lowest BCUT2D eigenvalue weighted by Gasteiger charge is -2.26. The Hall–Kier alpha value is -0.820. The first kappa shape index (κ1) is 12.3. The van der Waals surface area contributed by atoms with E-state index in [2.05, 4.69) is 10.1 Å². The molecule has 0 radical (unpaired) electrons. The van der Waals surface area contributed by atoms with Crippen LogP contribution in [0.4, 0.5) is 13.2 Å². The molecule has 1 aliphatic heterocycles. The number of nitrogens with zero attached hydrogens (tertiary/aromatic N) is 1. The van der Waals surface area contributed by atoms with Gasteiger partial charge in [0.1, 0.15) is 6.61 Å². The van der Waals surface area contributed by atoms with E-state index in [0.29, 0.717) is 6.54 Å². The number of rotatable bonds is 3. The Bertz CT molecular complexity index is 214. The zero-order chi connectivity index (χ0) is 11.3. The molecule has 1 aliphatic rings. The van der Waals surface area contributed by atoms with Gasteiger partial charge in [-0.1, -0.05) is 0 Å². The maximum Gasteiger partial charge on any atom is 0.490 e. The number of carbonyl (C=O) groups is 1. The van der Waals surface area contributed by atoms with Crippen LogP contribution in [0.1, 0.15) is 0 Å². The minimum atomic E-state index is -4.89. The van der Waals surface area contributed by atoms with E-state index in [1.165, 1.54) is 0 Å². The third kappa shape index (κ3) is 4.48. The summed E-state index contributed by atoms with van der Waals surface area (Å²) < 4.78 is 39.2. The van der Waals surface area contributed by atoms with Crippen molar-refractivity contribution >= 4 is 5.97 Å². The highest BCUT2D eigenvalue weighted by atomic mass is 19.4. The molecule has 0 aromatic heterocycles. The molecule has 0 atom stereocenters. The summed E-state index contributed by atoms with van der Waals surface area (Å²) in [5, 5.41) is 3.11. The molecule has 0 amide bonds. The van der Waals surface area contributed by atoms with Crippen LogP contribution in [-0.2, 0) is 9.53 Å². The monoisotopic (exact) mass is 226 g/mol. The number of halogens is 3. The molecule has 1 rings (SSSR count). The molecule has 1 N–H and O–H groups in total. The second-order valence-electron chi connectivity index (χ2n) is 3.23. The Morgan fingerprint density at radius 2 is 1.93 bits per heavy atom. The van der Waals surface area contributed by atoms with Gasteiger partial charge in [0.15, 0.2) is 0 Å². The summed E-state index contributed by atoms with van der Waals surface area (Å²) in [6.07, 6.45) is -4.89. The van der Waals surface area contributed by atoms with Crippen LogP contribution in [-0.4, -0.2) is 56.4 Å². The van der Waals surface area contributed by atoms with E-state index < -0.39 is 12.1 Å². The molecule has 0 bridgehead atoms. The maximum absolute atomic E-state index is 11.7. The van der Waals surface area contributed by atoms with Gasteiger partial charge < -0.3 is 10.1 Å². The highest BCUT2D eigenvalue weighted by Gasteiger charge is 2.40. The maximum atomic E-state index is 11.7. The Morgan fingerprint density at radius 1 is 1.33 bits per heavy atom. The Kier molecular flexibility index (Phi) is 4.34. The van der Waals surface area contributed by atoms with E-state index in [1.54, 1.807) is 0 Å². The van der Waals surface area contributed by atoms with Crippen molar-refractivity contribution in [3.05, 3.63) is 0 Å². The van der Waals surface area contributed by atoms with Crippen LogP contribution in [0.3, 0.4) is 0 Å². The first-order chi connectivity index (χ1) is 7.00. The third-order valence-corrected chi connectivity index (χ3v) is 2.08. The number of esters is 1. The van der Waals surface area contributed by atoms with Crippen molar-refractivity contribution in [1.29, 1.82) is 0 Å². The molecule has 0 aliphatic carbocycles. The van der Waals surface area contributed by atoms with Gasteiger partial charge in [-0.3, -0.25) is 4.90 Å².